The van der Waals surface area contributed by atoms with Crippen LogP contribution in [0.1, 0.15) is 52.9 Å². The van der Waals surface area contributed by atoms with E-state index in [0.717, 1.165) is 31.6 Å². The third-order valence-electron chi connectivity index (χ3n) is 4.50. The Hall–Kier alpha value is -0.610. The zero-order valence-electron chi connectivity index (χ0n) is 13.5. The van der Waals surface area contributed by atoms with Crippen molar-refractivity contribution in [2.75, 3.05) is 26.9 Å². The smallest absolute Gasteiger partial charge is 0.326 e. The van der Waals surface area contributed by atoms with Crippen LogP contribution in [0.25, 0.3) is 0 Å². The molecule has 1 N–H and O–H groups in total. The highest BCUT2D eigenvalue weighted by molar-refractivity contribution is 5.80. The Morgan fingerprint density at radius 2 is 2.10 bits per heavy atom. The third kappa shape index (κ3) is 4.74. The molecule has 1 aliphatic rings. The van der Waals surface area contributed by atoms with E-state index < -0.39 is 5.54 Å². The normalized spacial score (nSPS) is 27.4. The molecule has 0 spiro atoms. The molecule has 2 unspecified atom stereocenters. The van der Waals surface area contributed by atoms with Crippen LogP contribution in [0.4, 0.5) is 0 Å². The maximum atomic E-state index is 12.4. The summed E-state index contributed by atoms with van der Waals surface area (Å²) in [6.45, 7) is 8.19. The topological polar surface area (TPSA) is 47.6 Å². The van der Waals surface area contributed by atoms with Gasteiger partial charge in [0, 0.05) is 13.7 Å². The highest BCUT2D eigenvalue weighted by Crippen LogP contribution is 2.34. The van der Waals surface area contributed by atoms with Crippen LogP contribution >= 0.6 is 0 Å². The van der Waals surface area contributed by atoms with Crippen molar-refractivity contribution in [3.63, 3.8) is 0 Å². The number of esters is 1. The minimum Gasteiger partial charge on any atom is -0.465 e. The molecule has 4 nitrogen and oxygen atoms in total. The Morgan fingerprint density at radius 3 is 2.70 bits per heavy atom. The number of ether oxygens (including phenoxy) is 2. The standard InChI is InChI=1S/C16H31NO3/c1-5-20-15(18)16(17-11-12-19-4)9-6-7-14(8-10-16)13(2)3/h13-14,17H,5-12H2,1-4H3. The van der Waals surface area contributed by atoms with Crippen LogP contribution in [0.5, 0.6) is 0 Å². The molecule has 0 aromatic carbocycles. The van der Waals surface area contributed by atoms with Gasteiger partial charge in [-0.2, -0.15) is 0 Å². The Kier molecular flexibility index (Phi) is 7.52. The molecule has 0 heterocycles. The minimum absolute atomic E-state index is 0.0829. The summed E-state index contributed by atoms with van der Waals surface area (Å²) in [5.41, 5.74) is -0.502. The molecule has 0 aliphatic heterocycles. The lowest BCUT2D eigenvalue weighted by Crippen LogP contribution is -2.53. The van der Waals surface area contributed by atoms with Crippen molar-refractivity contribution >= 4 is 5.97 Å². The van der Waals surface area contributed by atoms with Gasteiger partial charge in [0.05, 0.1) is 13.2 Å². The van der Waals surface area contributed by atoms with Gasteiger partial charge in [-0.15, -0.1) is 0 Å². The lowest BCUT2D eigenvalue weighted by Gasteiger charge is -2.31. The third-order valence-corrected chi connectivity index (χ3v) is 4.50. The molecule has 0 amide bonds. The minimum atomic E-state index is -0.502. The van der Waals surface area contributed by atoms with Crippen LogP contribution < -0.4 is 5.32 Å². The molecule has 4 heteroatoms. The summed E-state index contributed by atoms with van der Waals surface area (Å²) >= 11 is 0. The van der Waals surface area contributed by atoms with Crippen LogP contribution in [0.15, 0.2) is 0 Å². The van der Waals surface area contributed by atoms with E-state index in [1.165, 1.54) is 6.42 Å². The number of carbonyl (C=O) groups is 1. The SMILES string of the molecule is CCOC(=O)C1(NCCOC)CCCC(C(C)C)CC1. The van der Waals surface area contributed by atoms with E-state index >= 15 is 0 Å². The van der Waals surface area contributed by atoms with Gasteiger partial charge in [0.25, 0.3) is 0 Å². The summed E-state index contributed by atoms with van der Waals surface area (Å²) in [6, 6.07) is 0. The fraction of sp³-hybridized carbons (Fsp3) is 0.938. The van der Waals surface area contributed by atoms with E-state index in [2.05, 4.69) is 19.2 Å². The Bertz CT molecular complexity index is 293. The zero-order valence-corrected chi connectivity index (χ0v) is 13.5. The molecule has 1 aliphatic carbocycles. The van der Waals surface area contributed by atoms with E-state index in [4.69, 9.17) is 9.47 Å². The van der Waals surface area contributed by atoms with E-state index in [-0.39, 0.29) is 5.97 Å². The molecule has 2 atom stereocenters. The van der Waals surface area contributed by atoms with Crippen molar-refractivity contribution in [3.8, 4) is 0 Å². The molecular formula is C16H31NO3. The van der Waals surface area contributed by atoms with E-state index in [1.54, 1.807) is 7.11 Å². The van der Waals surface area contributed by atoms with Crippen molar-refractivity contribution in [2.45, 2.75) is 58.4 Å². The molecule has 118 valence electrons. The number of hydrogen-bond donors (Lipinski definition) is 1. The maximum absolute atomic E-state index is 12.4. The van der Waals surface area contributed by atoms with Gasteiger partial charge >= 0.3 is 5.97 Å². The van der Waals surface area contributed by atoms with Crippen LogP contribution in [-0.4, -0.2) is 38.4 Å². The average molecular weight is 285 g/mol. The first-order valence-electron chi connectivity index (χ1n) is 7.97. The highest BCUT2D eigenvalue weighted by Gasteiger charge is 2.41. The summed E-state index contributed by atoms with van der Waals surface area (Å²) < 4.78 is 10.4. The van der Waals surface area contributed by atoms with Crippen LogP contribution in [0.2, 0.25) is 0 Å². The molecule has 0 aromatic rings. The fourth-order valence-electron chi connectivity index (χ4n) is 3.15. The van der Waals surface area contributed by atoms with Gasteiger partial charge in [-0.05, 0) is 38.0 Å². The van der Waals surface area contributed by atoms with Gasteiger partial charge in [-0.25, -0.2) is 0 Å². The summed E-state index contributed by atoms with van der Waals surface area (Å²) in [5.74, 6) is 1.32. The molecule has 0 saturated heterocycles. The molecular weight excluding hydrogens is 254 g/mol. The van der Waals surface area contributed by atoms with Crippen molar-refractivity contribution in [3.05, 3.63) is 0 Å². The summed E-state index contributed by atoms with van der Waals surface area (Å²) in [4.78, 5) is 12.4. The molecule has 0 bridgehead atoms. The Morgan fingerprint density at radius 1 is 1.35 bits per heavy atom. The van der Waals surface area contributed by atoms with Crippen LogP contribution in [-0.2, 0) is 14.3 Å². The van der Waals surface area contributed by atoms with E-state index in [9.17, 15) is 4.79 Å². The number of carbonyl (C=O) groups excluding carboxylic acids is 1. The molecule has 0 aromatic heterocycles. The first kappa shape index (κ1) is 17.4. The van der Waals surface area contributed by atoms with Crippen molar-refractivity contribution < 1.29 is 14.3 Å². The predicted octanol–water partition coefficient (Wildman–Crippen LogP) is 2.76. The predicted molar refractivity (Wildman–Crippen MR) is 80.7 cm³/mol. The van der Waals surface area contributed by atoms with Gasteiger partial charge in [0.1, 0.15) is 5.54 Å². The first-order chi connectivity index (χ1) is 9.55. The Labute approximate surface area is 123 Å². The molecule has 20 heavy (non-hydrogen) atoms. The van der Waals surface area contributed by atoms with Crippen LogP contribution in [0, 0.1) is 11.8 Å². The fourth-order valence-corrected chi connectivity index (χ4v) is 3.15. The number of hydrogen-bond acceptors (Lipinski definition) is 4. The van der Waals surface area contributed by atoms with Gasteiger partial charge in [0.2, 0.25) is 0 Å². The monoisotopic (exact) mass is 285 g/mol. The summed E-state index contributed by atoms with van der Waals surface area (Å²) in [5, 5.41) is 3.42. The van der Waals surface area contributed by atoms with E-state index in [0.29, 0.717) is 25.7 Å². The molecule has 1 rings (SSSR count). The highest BCUT2D eigenvalue weighted by atomic mass is 16.5. The molecule has 0 radical (unpaired) electrons. The lowest BCUT2D eigenvalue weighted by molar-refractivity contribution is -0.152. The summed E-state index contributed by atoms with van der Waals surface area (Å²) in [7, 11) is 1.68. The van der Waals surface area contributed by atoms with Gasteiger partial charge in [0.15, 0.2) is 0 Å². The zero-order chi connectivity index (χ0) is 15.0. The van der Waals surface area contributed by atoms with Crippen LogP contribution in [0.3, 0.4) is 0 Å². The number of nitrogens with one attached hydrogen (secondary N) is 1. The van der Waals surface area contributed by atoms with E-state index in [1.807, 2.05) is 6.92 Å². The second-order valence-corrected chi connectivity index (χ2v) is 6.16. The lowest BCUT2D eigenvalue weighted by atomic mass is 9.86. The second-order valence-electron chi connectivity index (χ2n) is 6.16. The van der Waals surface area contributed by atoms with Crippen molar-refractivity contribution in [1.29, 1.82) is 0 Å². The largest absolute Gasteiger partial charge is 0.465 e. The van der Waals surface area contributed by atoms with Gasteiger partial charge in [-0.1, -0.05) is 26.7 Å². The van der Waals surface area contributed by atoms with Gasteiger partial charge < -0.3 is 9.47 Å². The molecule has 1 fully saturated rings. The van der Waals surface area contributed by atoms with Gasteiger partial charge in [-0.3, -0.25) is 10.1 Å². The first-order valence-corrected chi connectivity index (χ1v) is 7.97. The maximum Gasteiger partial charge on any atom is 0.326 e. The number of methoxy groups -OCH3 is 1. The average Bonchev–Trinajstić information content (AvgIpc) is 2.63. The van der Waals surface area contributed by atoms with Crippen molar-refractivity contribution in [2.24, 2.45) is 11.8 Å². The molecule has 1 saturated carbocycles. The quantitative estimate of drug-likeness (QED) is 0.444. The Balaban J connectivity index is 2.73. The van der Waals surface area contributed by atoms with Crippen molar-refractivity contribution in [1.82, 2.24) is 5.32 Å². The second kappa shape index (κ2) is 8.63. The summed E-state index contributed by atoms with van der Waals surface area (Å²) in [6.07, 6.45) is 5.14. The number of rotatable bonds is 7.